The summed E-state index contributed by atoms with van der Waals surface area (Å²) in [6.45, 7) is 4.43. The normalized spacial score (nSPS) is 10.1. The molecule has 2 aromatic rings. The van der Waals surface area contributed by atoms with Gasteiger partial charge in [-0.2, -0.15) is 4.98 Å². The Kier molecular flexibility index (Phi) is 4.09. The molecule has 104 valence electrons. The summed E-state index contributed by atoms with van der Waals surface area (Å²) < 4.78 is 5.51. The highest BCUT2D eigenvalue weighted by Crippen LogP contribution is 2.31. The number of nitrogens with one attached hydrogen (secondary N) is 1. The van der Waals surface area contributed by atoms with Crippen molar-refractivity contribution in [3.05, 3.63) is 46.1 Å². The quantitative estimate of drug-likeness (QED) is 0.666. The van der Waals surface area contributed by atoms with Gasteiger partial charge in [0.25, 0.3) is 0 Å². The smallest absolute Gasteiger partial charge is 0.311 e. The van der Waals surface area contributed by atoms with Crippen molar-refractivity contribution in [1.29, 1.82) is 0 Å². The standard InChI is InChI=1S/C13H14N4O3/c1-3-14-13-15-7-6-12(16-13)20-11-8-9(2)4-5-10(11)17(18)19/h4-8H,3H2,1-2H3,(H,14,15,16). The van der Waals surface area contributed by atoms with E-state index in [9.17, 15) is 10.1 Å². The summed E-state index contributed by atoms with van der Waals surface area (Å²) in [6.07, 6.45) is 1.53. The van der Waals surface area contributed by atoms with Crippen LogP contribution in [0.5, 0.6) is 11.6 Å². The second-order valence-electron chi connectivity index (χ2n) is 4.08. The number of nitro benzene ring substituents is 1. The lowest BCUT2D eigenvalue weighted by Crippen LogP contribution is -2.02. The van der Waals surface area contributed by atoms with Crippen LogP contribution in [0.2, 0.25) is 0 Å². The van der Waals surface area contributed by atoms with E-state index in [1.165, 1.54) is 12.3 Å². The summed E-state index contributed by atoms with van der Waals surface area (Å²) in [7, 11) is 0. The van der Waals surface area contributed by atoms with Crippen molar-refractivity contribution in [3.63, 3.8) is 0 Å². The molecule has 0 aliphatic carbocycles. The number of ether oxygens (including phenoxy) is 1. The highest BCUT2D eigenvalue weighted by Gasteiger charge is 2.16. The van der Waals surface area contributed by atoms with Crippen molar-refractivity contribution in [2.45, 2.75) is 13.8 Å². The Morgan fingerprint density at radius 1 is 1.40 bits per heavy atom. The summed E-state index contributed by atoms with van der Waals surface area (Å²) in [5.74, 6) is 0.834. The second kappa shape index (κ2) is 5.96. The highest BCUT2D eigenvalue weighted by molar-refractivity contribution is 5.49. The Morgan fingerprint density at radius 3 is 2.90 bits per heavy atom. The molecule has 0 saturated heterocycles. The average Bonchev–Trinajstić information content (AvgIpc) is 2.39. The van der Waals surface area contributed by atoms with Crippen molar-refractivity contribution in [2.24, 2.45) is 0 Å². The van der Waals surface area contributed by atoms with Gasteiger partial charge in [0, 0.05) is 24.9 Å². The van der Waals surface area contributed by atoms with E-state index < -0.39 is 4.92 Å². The van der Waals surface area contributed by atoms with Crippen LogP contribution in [0, 0.1) is 17.0 Å². The molecule has 1 aromatic carbocycles. The lowest BCUT2D eigenvalue weighted by Gasteiger charge is -2.07. The topological polar surface area (TPSA) is 90.2 Å². The molecule has 0 aliphatic heterocycles. The van der Waals surface area contributed by atoms with Crippen LogP contribution < -0.4 is 10.1 Å². The van der Waals surface area contributed by atoms with Crippen LogP contribution in [-0.2, 0) is 0 Å². The van der Waals surface area contributed by atoms with Gasteiger partial charge in [-0.1, -0.05) is 6.07 Å². The van der Waals surface area contributed by atoms with E-state index >= 15 is 0 Å². The van der Waals surface area contributed by atoms with Crippen molar-refractivity contribution < 1.29 is 9.66 Å². The predicted octanol–water partition coefficient (Wildman–Crippen LogP) is 2.92. The molecule has 20 heavy (non-hydrogen) atoms. The first-order chi connectivity index (χ1) is 9.60. The average molecular weight is 274 g/mol. The number of hydrogen-bond acceptors (Lipinski definition) is 6. The minimum atomic E-state index is -0.485. The number of hydrogen-bond donors (Lipinski definition) is 1. The maximum atomic E-state index is 11.0. The van der Waals surface area contributed by atoms with Gasteiger partial charge in [0.2, 0.25) is 17.6 Å². The third-order valence-electron chi connectivity index (χ3n) is 2.49. The molecule has 7 nitrogen and oxygen atoms in total. The largest absolute Gasteiger partial charge is 0.432 e. The Balaban J connectivity index is 2.31. The Morgan fingerprint density at radius 2 is 2.20 bits per heavy atom. The molecular formula is C13H14N4O3. The maximum Gasteiger partial charge on any atom is 0.311 e. The van der Waals surface area contributed by atoms with E-state index in [0.29, 0.717) is 12.5 Å². The molecule has 0 bridgehead atoms. The summed E-state index contributed by atoms with van der Waals surface area (Å²) in [5.41, 5.74) is 0.769. The molecule has 0 atom stereocenters. The third-order valence-corrected chi connectivity index (χ3v) is 2.49. The molecule has 0 fully saturated rings. The Labute approximate surface area is 115 Å². The number of benzene rings is 1. The summed E-state index contributed by atoms with van der Waals surface area (Å²) >= 11 is 0. The fraction of sp³-hybridized carbons (Fsp3) is 0.231. The van der Waals surface area contributed by atoms with Gasteiger partial charge in [0.1, 0.15) is 0 Å². The zero-order valence-electron chi connectivity index (χ0n) is 11.2. The first-order valence-corrected chi connectivity index (χ1v) is 6.10. The SMILES string of the molecule is CCNc1nccc(Oc2cc(C)ccc2[N+](=O)[O-])n1. The van der Waals surface area contributed by atoms with Gasteiger partial charge >= 0.3 is 5.69 Å². The zero-order valence-corrected chi connectivity index (χ0v) is 11.2. The van der Waals surface area contributed by atoms with Crippen molar-refractivity contribution in [1.82, 2.24) is 9.97 Å². The number of nitrogens with zero attached hydrogens (tertiary/aromatic N) is 3. The summed E-state index contributed by atoms with van der Waals surface area (Å²) in [6, 6.07) is 6.23. The molecule has 0 spiro atoms. The summed E-state index contributed by atoms with van der Waals surface area (Å²) in [4.78, 5) is 18.6. The van der Waals surface area contributed by atoms with E-state index in [0.717, 1.165) is 5.56 Å². The van der Waals surface area contributed by atoms with Gasteiger partial charge in [0.05, 0.1) is 4.92 Å². The van der Waals surface area contributed by atoms with Gasteiger partial charge in [-0.15, -0.1) is 0 Å². The van der Waals surface area contributed by atoms with Gasteiger partial charge < -0.3 is 10.1 Å². The van der Waals surface area contributed by atoms with Crippen LogP contribution in [0.3, 0.4) is 0 Å². The molecule has 1 aromatic heterocycles. The number of anilines is 1. The van der Waals surface area contributed by atoms with Crippen LogP contribution in [0.1, 0.15) is 12.5 Å². The fourth-order valence-electron chi connectivity index (χ4n) is 1.61. The van der Waals surface area contributed by atoms with E-state index in [1.807, 2.05) is 13.8 Å². The molecule has 7 heteroatoms. The molecular weight excluding hydrogens is 260 g/mol. The molecule has 1 N–H and O–H groups in total. The number of rotatable bonds is 5. The first-order valence-electron chi connectivity index (χ1n) is 6.10. The van der Waals surface area contributed by atoms with Gasteiger partial charge in [-0.25, -0.2) is 4.98 Å². The zero-order chi connectivity index (χ0) is 14.5. The molecule has 0 radical (unpaired) electrons. The minimum Gasteiger partial charge on any atom is -0.432 e. The van der Waals surface area contributed by atoms with Crippen LogP contribution in [0.15, 0.2) is 30.5 Å². The summed E-state index contributed by atoms with van der Waals surface area (Å²) in [5, 5.41) is 13.9. The van der Waals surface area contributed by atoms with E-state index in [1.54, 1.807) is 18.2 Å². The Hall–Kier alpha value is -2.70. The predicted molar refractivity (Wildman–Crippen MR) is 74.1 cm³/mol. The maximum absolute atomic E-state index is 11.0. The monoisotopic (exact) mass is 274 g/mol. The van der Waals surface area contributed by atoms with Crippen LogP contribution in [-0.4, -0.2) is 21.4 Å². The van der Waals surface area contributed by atoms with Crippen molar-refractivity contribution in [3.8, 4) is 11.6 Å². The Bertz CT molecular complexity index is 631. The van der Waals surface area contributed by atoms with Crippen molar-refractivity contribution >= 4 is 11.6 Å². The van der Waals surface area contributed by atoms with E-state index in [-0.39, 0.29) is 17.3 Å². The lowest BCUT2D eigenvalue weighted by atomic mass is 10.2. The lowest BCUT2D eigenvalue weighted by molar-refractivity contribution is -0.385. The molecule has 0 aliphatic rings. The number of nitro groups is 1. The second-order valence-corrected chi connectivity index (χ2v) is 4.08. The molecule has 2 rings (SSSR count). The van der Waals surface area contributed by atoms with Crippen LogP contribution >= 0.6 is 0 Å². The van der Waals surface area contributed by atoms with Crippen LogP contribution in [0.25, 0.3) is 0 Å². The van der Waals surface area contributed by atoms with Crippen molar-refractivity contribution in [2.75, 3.05) is 11.9 Å². The van der Waals surface area contributed by atoms with Gasteiger partial charge in [-0.3, -0.25) is 10.1 Å². The molecule has 0 amide bonds. The van der Waals surface area contributed by atoms with Gasteiger partial charge in [0.15, 0.2) is 0 Å². The molecule has 0 saturated carbocycles. The third kappa shape index (κ3) is 3.19. The number of aryl methyl sites for hydroxylation is 1. The van der Waals surface area contributed by atoms with Gasteiger partial charge in [-0.05, 0) is 25.5 Å². The molecule has 1 heterocycles. The first kappa shape index (κ1) is 13.7. The fourth-order valence-corrected chi connectivity index (χ4v) is 1.61. The van der Waals surface area contributed by atoms with E-state index in [4.69, 9.17) is 4.74 Å². The molecule has 0 unspecified atom stereocenters. The minimum absolute atomic E-state index is 0.0980. The van der Waals surface area contributed by atoms with E-state index in [2.05, 4.69) is 15.3 Å². The van der Waals surface area contributed by atoms with Crippen LogP contribution in [0.4, 0.5) is 11.6 Å². The number of aromatic nitrogens is 2. The highest BCUT2D eigenvalue weighted by atomic mass is 16.6.